The Hall–Kier alpha value is -0.240. The van der Waals surface area contributed by atoms with Gasteiger partial charge in [-0.15, -0.1) is 0 Å². The van der Waals surface area contributed by atoms with Crippen LogP contribution >= 0.6 is 24.1 Å². The molecule has 114 valence electrons. The second kappa shape index (κ2) is 10.5. The van der Waals surface area contributed by atoms with Crippen LogP contribution in [0.3, 0.4) is 0 Å². The molecular formula is C14H22O4S2. The minimum absolute atomic E-state index is 0.0549. The van der Waals surface area contributed by atoms with Crippen molar-refractivity contribution in [2.45, 2.75) is 35.8 Å². The molecule has 0 heterocycles. The minimum atomic E-state index is 0.0549. The maximum Gasteiger partial charge on any atom is 0.0931 e. The van der Waals surface area contributed by atoms with Crippen molar-refractivity contribution in [3.63, 3.8) is 0 Å². The van der Waals surface area contributed by atoms with Gasteiger partial charge in [0, 0.05) is 48.1 Å². The summed E-state index contributed by atoms with van der Waals surface area (Å²) in [5.74, 6) is 0. The van der Waals surface area contributed by atoms with E-state index in [4.69, 9.17) is 17.8 Å². The summed E-state index contributed by atoms with van der Waals surface area (Å²) >= 11 is 2.71. The Balaban J connectivity index is 2.41. The van der Waals surface area contributed by atoms with Crippen molar-refractivity contribution < 1.29 is 17.8 Å². The van der Waals surface area contributed by atoms with Crippen LogP contribution in [0.15, 0.2) is 34.1 Å². The fourth-order valence-corrected chi connectivity index (χ4v) is 2.73. The number of hydrogen-bond acceptors (Lipinski definition) is 6. The zero-order valence-corrected chi connectivity index (χ0v) is 14.0. The Bertz CT molecular complexity index is 345. The molecule has 0 bridgehead atoms. The molecule has 0 aliphatic heterocycles. The predicted molar refractivity (Wildman–Crippen MR) is 83.0 cm³/mol. The first-order valence-electron chi connectivity index (χ1n) is 6.40. The summed E-state index contributed by atoms with van der Waals surface area (Å²) in [5.41, 5.74) is 0. The summed E-state index contributed by atoms with van der Waals surface area (Å²) in [7, 11) is 3.33. The Morgan fingerprint density at radius 1 is 0.900 bits per heavy atom. The summed E-state index contributed by atoms with van der Waals surface area (Å²) in [6.07, 6.45) is 0.110. The Labute approximate surface area is 129 Å². The molecule has 2 atom stereocenters. The van der Waals surface area contributed by atoms with Crippen molar-refractivity contribution in [1.29, 1.82) is 0 Å². The Morgan fingerprint density at radius 2 is 1.35 bits per heavy atom. The molecule has 1 aromatic carbocycles. The summed E-state index contributed by atoms with van der Waals surface area (Å²) < 4.78 is 21.3. The van der Waals surface area contributed by atoms with Gasteiger partial charge in [0.2, 0.25) is 0 Å². The quantitative estimate of drug-likeness (QED) is 0.611. The van der Waals surface area contributed by atoms with Crippen molar-refractivity contribution >= 4 is 24.1 Å². The van der Waals surface area contributed by atoms with Gasteiger partial charge in [-0.3, -0.25) is 0 Å². The van der Waals surface area contributed by atoms with E-state index >= 15 is 0 Å². The van der Waals surface area contributed by atoms with E-state index in [0.717, 1.165) is 9.79 Å². The third kappa shape index (κ3) is 7.52. The molecule has 6 heteroatoms. The van der Waals surface area contributed by atoms with Crippen LogP contribution in [0, 0.1) is 0 Å². The molecule has 0 amide bonds. The second-order valence-electron chi connectivity index (χ2n) is 4.37. The predicted octanol–water partition coefficient (Wildman–Crippen LogP) is 3.80. The van der Waals surface area contributed by atoms with E-state index in [-0.39, 0.29) is 12.2 Å². The fourth-order valence-electron chi connectivity index (χ4n) is 1.38. The SMILES string of the molecule is COCC(C)OSc1cccc(SOC(C)COC)c1. The van der Waals surface area contributed by atoms with Crippen LogP contribution in [0.4, 0.5) is 0 Å². The molecule has 0 aromatic heterocycles. The Morgan fingerprint density at radius 3 is 1.75 bits per heavy atom. The number of hydrogen-bond donors (Lipinski definition) is 0. The monoisotopic (exact) mass is 318 g/mol. The first-order valence-corrected chi connectivity index (χ1v) is 7.88. The highest BCUT2D eigenvalue weighted by atomic mass is 32.2. The zero-order valence-electron chi connectivity index (χ0n) is 12.3. The highest BCUT2D eigenvalue weighted by Crippen LogP contribution is 2.27. The van der Waals surface area contributed by atoms with Gasteiger partial charge in [-0.05, 0) is 32.0 Å². The van der Waals surface area contributed by atoms with E-state index in [9.17, 15) is 0 Å². The van der Waals surface area contributed by atoms with Crippen LogP contribution in [-0.2, 0) is 17.8 Å². The topological polar surface area (TPSA) is 36.9 Å². The van der Waals surface area contributed by atoms with Crippen molar-refractivity contribution in [2.24, 2.45) is 0 Å². The highest BCUT2D eigenvalue weighted by Gasteiger charge is 2.06. The van der Waals surface area contributed by atoms with Crippen LogP contribution in [0.5, 0.6) is 0 Å². The van der Waals surface area contributed by atoms with Crippen molar-refractivity contribution in [3.8, 4) is 0 Å². The molecule has 1 rings (SSSR count). The number of benzene rings is 1. The molecule has 0 spiro atoms. The fraction of sp³-hybridized carbons (Fsp3) is 0.571. The maximum atomic E-state index is 5.61. The zero-order chi connectivity index (χ0) is 14.8. The molecule has 0 radical (unpaired) electrons. The summed E-state index contributed by atoms with van der Waals surface area (Å²) in [4.78, 5) is 2.09. The number of methoxy groups -OCH3 is 2. The average Bonchev–Trinajstić information content (AvgIpc) is 2.44. The Kier molecular flexibility index (Phi) is 9.33. The molecule has 20 heavy (non-hydrogen) atoms. The largest absolute Gasteiger partial charge is 0.382 e. The van der Waals surface area contributed by atoms with E-state index in [2.05, 4.69) is 0 Å². The van der Waals surface area contributed by atoms with E-state index in [1.165, 1.54) is 24.1 Å². The molecule has 0 saturated heterocycles. The molecule has 1 aromatic rings. The normalized spacial score (nSPS) is 14.2. The van der Waals surface area contributed by atoms with Crippen molar-refractivity contribution in [2.75, 3.05) is 27.4 Å². The summed E-state index contributed by atoms with van der Waals surface area (Å²) in [6.45, 7) is 5.12. The second-order valence-corrected chi connectivity index (χ2v) is 6.03. The van der Waals surface area contributed by atoms with E-state index < -0.39 is 0 Å². The third-order valence-electron chi connectivity index (χ3n) is 2.23. The van der Waals surface area contributed by atoms with Crippen LogP contribution in [-0.4, -0.2) is 39.6 Å². The van der Waals surface area contributed by atoms with Gasteiger partial charge in [0.25, 0.3) is 0 Å². The molecule has 0 aliphatic carbocycles. The average molecular weight is 318 g/mol. The van der Waals surface area contributed by atoms with E-state index in [0.29, 0.717) is 13.2 Å². The van der Waals surface area contributed by atoms with E-state index in [1.54, 1.807) is 14.2 Å². The molecule has 4 nitrogen and oxygen atoms in total. The molecular weight excluding hydrogens is 296 g/mol. The standard InChI is InChI=1S/C14H22O4S2/c1-11(9-15-3)17-19-13-6-5-7-14(8-13)20-18-12(2)10-16-4/h5-8,11-12H,9-10H2,1-4H3. The van der Waals surface area contributed by atoms with Gasteiger partial charge in [0.05, 0.1) is 25.4 Å². The van der Waals surface area contributed by atoms with Gasteiger partial charge >= 0.3 is 0 Å². The highest BCUT2D eigenvalue weighted by molar-refractivity contribution is 7.95. The van der Waals surface area contributed by atoms with Crippen molar-refractivity contribution in [3.05, 3.63) is 24.3 Å². The van der Waals surface area contributed by atoms with Crippen LogP contribution in [0.2, 0.25) is 0 Å². The molecule has 0 fully saturated rings. The minimum Gasteiger partial charge on any atom is -0.382 e. The van der Waals surface area contributed by atoms with E-state index in [1.807, 2.05) is 38.1 Å². The summed E-state index contributed by atoms with van der Waals surface area (Å²) in [5, 5.41) is 0. The van der Waals surface area contributed by atoms with Crippen LogP contribution in [0.25, 0.3) is 0 Å². The number of ether oxygens (including phenoxy) is 2. The molecule has 0 saturated carbocycles. The lowest BCUT2D eigenvalue weighted by Crippen LogP contribution is -2.11. The van der Waals surface area contributed by atoms with Gasteiger partial charge in [-0.25, -0.2) is 0 Å². The maximum absolute atomic E-state index is 5.61. The lowest BCUT2D eigenvalue weighted by atomic mass is 10.4. The first kappa shape index (κ1) is 17.8. The third-order valence-corrected chi connectivity index (χ3v) is 3.97. The van der Waals surface area contributed by atoms with Gasteiger partial charge in [-0.2, -0.15) is 0 Å². The van der Waals surface area contributed by atoms with Crippen molar-refractivity contribution in [1.82, 2.24) is 0 Å². The van der Waals surface area contributed by atoms with Crippen LogP contribution < -0.4 is 0 Å². The molecule has 2 unspecified atom stereocenters. The summed E-state index contributed by atoms with van der Waals surface area (Å²) in [6, 6.07) is 8.04. The smallest absolute Gasteiger partial charge is 0.0931 e. The number of rotatable bonds is 10. The van der Waals surface area contributed by atoms with Crippen LogP contribution in [0.1, 0.15) is 13.8 Å². The first-order chi connectivity index (χ1) is 9.65. The molecule has 0 aliphatic rings. The lowest BCUT2D eigenvalue weighted by Gasteiger charge is -2.12. The van der Waals surface area contributed by atoms with Gasteiger partial charge in [0.15, 0.2) is 0 Å². The lowest BCUT2D eigenvalue weighted by molar-refractivity contribution is 0.106. The van der Waals surface area contributed by atoms with Gasteiger partial charge in [0.1, 0.15) is 0 Å². The van der Waals surface area contributed by atoms with Gasteiger partial charge < -0.3 is 17.8 Å². The van der Waals surface area contributed by atoms with Gasteiger partial charge in [-0.1, -0.05) is 6.07 Å². The molecule has 0 N–H and O–H groups in total.